The lowest BCUT2D eigenvalue weighted by Gasteiger charge is -2.32. The van der Waals surface area contributed by atoms with E-state index in [0.717, 1.165) is 43.8 Å². The molecule has 0 radical (unpaired) electrons. The molecule has 1 N–H and O–H groups in total. The van der Waals surface area contributed by atoms with Gasteiger partial charge in [-0.15, -0.1) is 11.3 Å². The normalized spacial score (nSPS) is 18.2. The summed E-state index contributed by atoms with van der Waals surface area (Å²) in [5.74, 6) is 0.966. The molecule has 4 heteroatoms. The van der Waals surface area contributed by atoms with Gasteiger partial charge in [0.25, 0.3) is 5.91 Å². The van der Waals surface area contributed by atoms with Crippen LogP contribution in [0.2, 0.25) is 0 Å². The lowest BCUT2D eigenvalue weighted by molar-refractivity contribution is 0.0950. The number of likely N-dealkylation sites (tertiary alicyclic amines) is 1. The summed E-state index contributed by atoms with van der Waals surface area (Å²) in [7, 11) is 0. The van der Waals surface area contributed by atoms with E-state index in [1.165, 1.54) is 67.6 Å². The topological polar surface area (TPSA) is 32.3 Å². The SMILES string of the molecule is O=C(NCCCN1CCC(Cc2ccccc2)CC1)c1csc2c1CCCCC2. The molecule has 0 atom stereocenters. The van der Waals surface area contributed by atoms with Crippen LogP contribution in [0.1, 0.15) is 64.9 Å². The zero-order valence-electron chi connectivity index (χ0n) is 17.5. The van der Waals surface area contributed by atoms with Crippen molar-refractivity contribution in [2.24, 2.45) is 5.92 Å². The maximum Gasteiger partial charge on any atom is 0.252 e. The maximum atomic E-state index is 12.6. The highest BCUT2D eigenvalue weighted by atomic mass is 32.1. The van der Waals surface area contributed by atoms with E-state index in [1.54, 1.807) is 11.3 Å². The van der Waals surface area contributed by atoms with Gasteiger partial charge in [0.05, 0.1) is 5.56 Å². The number of benzene rings is 1. The Morgan fingerprint density at radius 1 is 1.07 bits per heavy atom. The molecule has 0 unspecified atom stereocenters. The van der Waals surface area contributed by atoms with Crippen molar-refractivity contribution in [2.45, 2.75) is 57.8 Å². The van der Waals surface area contributed by atoms with Crippen molar-refractivity contribution in [3.8, 4) is 0 Å². The van der Waals surface area contributed by atoms with E-state index >= 15 is 0 Å². The molecular weight excluding hydrogens is 376 g/mol. The monoisotopic (exact) mass is 410 g/mol. The summed E-state index contributed by atoms with van der Waals surface area (Å²) in [6, 6.07) is 10.9. The third kappa shape index (κ3) is 5.70. The van der Waals surface area contributed by atoms with E-state index in [1.807, 2.05) is 0 Å². The van der Waals surface area contributed by atoms with Crippen molar-refractivity contribution < 1.29 is 4.79 Å². The van der Waals surface area contributed by atoms with Crippen LogP contribution in [0.5, 0.6) is 0 Å². The van der Waals surface area contributed by atoms with Gasteiger partial charge < -0.3 is 10.2 Å². The number of rotatable bonds is 7. The van der Waals surface area contributed by atoms with Crippen LogP contribution in [-0.4, -0.2) is 37.0 Å². The first-order valence-corrected chi connectivity index (χ1v) is 12.3. The fourth-order valence-electron chi connectivity index (χ4n) is 4.82. The Labute approximate surface area is 179 Å². The Hall–Kier alpha value is -1.65. The van der Waals surface area contributed by atoms with Crippen LogP contribution in [-0.2, 0) is 19.3 Å². The summed E-state index contributed by atoms with van der Waals surface area (Å²) in [6.45, 7) is 4.28. The van der Waals surface area contributed by atoms with Gasteiger partial charge in [-0.3, -0.25) is 4.79 Å². The molecule has 2 heterocycles. The molecular formula is C25H34N2OS. The van der Waals surface area contributed by atoms with Gasteiger partial charge in [0.2, 0.25) is 0 Å². The Balaban J connectivity index is 1.14. The van der Waals surface area contributed by atoms with Crippen molar-refractivity contribution in [1.82, 2.24) is 10.2 Å². The van der Waals surface area contributed by atoms with E-state index in [4.69, 9.17) is 0 Å². The Kier molecular flexibility index (Phi) is 7.39. The van der Waals surface area contributed by atoms with Gasteiger partial charge in [-0.25, -0.2) is 0 Å². The summed E-state index contributed by atoms with van der Waals surface area (Å²) in [5, 5.41) is 5.26. The second-order valence-electron chi connectivity index (χ2n) is 8.70. The zero-order valence-corrected chi connectivity index (χ0v) is 18.3. The number of fused-ring (bicyclic) bond motifs is 1. The molecule has 1 aliphatic carbocycles. The summed E-state index contributed by atoms with van der Waals surface area (Å²) < 4.78 is 0. The van der Waals surface area contributed by atoms with Gasteiger partial charge in [0, 0.05) is 16.8 Å². The molecule has 1 aliphatic heterocycles. The molecule has 156 valence electrons. The largest absolute Gasteiger partial charge is 0.352 e. The maximum absolute atomic E-state index is 12.6. The lowest BCUT2D eigenvalue weighted by atomic mass is 9.90. The van der Waals surface area contributed by atoms with E-state index in [0.29, 0.717) is 0 Å². The van der Waals surface area contributed by atoms with Gasteiger partial charge in [0.1, 0.15) is 0 Å². The zero-order chi connectivity index (χ0) is 19.9. The summed E-state index contributed by atoms with van der Waals surface area (Å²) in [6.07, 6.45) is 10.9. The number of aryl methyl sites for hydroxylation is 1. The average Bonchev–Trinajstić information content (AvgIpc) is 3.01. The summed E-state index contributed by atoms with van der Waals surface area (Å²) in [4.78, 5) is 16.7. The van der Waals surface area contributed by atoms with Crippen molar-refractivity contribution in [3.05, 3.63) is 57.3 Å². The van der Waals surface area contributed by atoms with Gasteiger partial charge in [-0.1, -0.05) is 36.8 Å². The Bertz CT molecular complexity index is 777. The predicted octanol–water partition coefficient (Wildman–Crippen LogP) is 5.09. The van der Waals surface area contributed by atoms with Crippen LogP contribution in [0.4, 0.5) is 0 Å². The van der Waals surface area contributed by atoms with Gasteiger partial charge in [-0.2, -0.15) is 0 Å². The number of thiophene rings is 1. The smallest absolute Gasteiger partial charge is 0.252 e. The van der Waals surface area contributed by atoms with E-state index in [-0.39, 0.29) is 5.91 Å². The molecule has 2 aliphatic rings. The molecule has 3 nitrogen and oxygen atoms in total. The summed E-state index contributed by atoms with van der Waals surface area (Å²) >= 11 is 1.79. The van der Waals surface area contributed by atoms with Gasteiger partial charge >= 0.3 is 0 Å². The highest BCUT2D eigenvalue weighted by molar-refractivity contribution is 7.10. The van der Waals surface area contributed by atoms with E-state index in [9.17, 15) is 4.79 Å². The molecule has 0 saturated carbocycles. The number of nitrogens with zero attached hydrogens (tertiary/aromatic N) is 1. The van der Waals surface area contributed by atoms with Crippen LogP contribution in [0.25, 0.3) is 0 Å². The highest BCUT2D eigenvalue weighted by Gasteiger charge is 2.20. The van der Waals surface area contributed by atoms with E-state index < -0.39 is 0 Å². The number of hydrogen-bond acceptors (Lipinski definition) is 3. The van der Waals surface area contributed by atoms with Gasteiger partial charge in [0.15, 0.2) is 0 Å². The number of hydrogen-bond donors (Lipinski definition) is 1. The molecule has 2 aromatic rings. The number of nitrogens with one attached hydrogen (secondary N) is 1. The average molecular weight is 411 g/mol. The molecule has 29 heavy (non-hydrogen) atoms. The van der Waals surface area contributed by atoms with Crippen molar-refractivity contribution in [2.75, 3.05) is 26.2 Å². The first kappa shape index (κ1) is 20.6. The standard InChI is InChI=1S/C25H34N2OS/c28-25(23-19-29-24-11-6-2-5-10-22(23)24)26-14-7-15-27-16-12-21(13-17-27)18-20-8-3-1-4-9-20/h1,3-4,8-9,19,21H,2,5-7,10-18H2,(H,26,28). The lowest BCUT2D eigenvalue weighted by Crippen LogP contribution is -2.36. The minimum absolute atomic E-state index is 0.144. The van der Waals surface area contributed by atoms with Crippen LogP contribution in [0.3, 0.4) is 0 Å². The molecule has 1 saturated heterocycles. The molecule has 1 aromatic carbocycles. The molecule has 1 aromatic heterocycles. The number of piperidine rings is 1. The fraction of sp³-hybridized carbons (Fsp3) is 0.560. The van der Waals surface area contributed by atoms with Crippen LogP contribution in [0.15, 0.2) is 35.7 Å². The van der Waals surface area contributed by atoms with Crippen molar-refractivity contribution >= 4 is 17.2 Å². The molecule has 0 spiro atoms. The molecule has 4 rings (SSSR count). The quantitative estimate of drug-likeness (QED) is 0.509. The first-order valence-electron chi connectivity index (χ1n) is 11.4. The molecule has 1 amide bonds. The van der Waals surface area contributed by atoms with Crippen molar-refractivity contribution in [3.63, 3.8) is 0 Å². The minimum atomic E-state index is 0.144. The number of carbonyl (C=O) groups is 1. The third-order valence-electron chi connectivity index (χ3n) is 6.57. The van der Waals surface area contributed by atoms with Crippen LogP contribution in [0, 0.1) is 5.92 Å². The second kappa shape index (κ2) is 10.4. The van der Waals surface area contributed by atoms with Crippen LogP contribution < -0.4 is 5.32 Å². The van der Waals surface area contributed by atoms with E-state index in [2.05, 4.69) is 45.9 Å². The highest BCUT2D eigenvalue weighted by Crippen LogP contribution is 2.29. The Morgan fingerprint density at radius 2 is 1.86 bits per heavy atom. The second-order valence-corrected chi connectivity index (χ2v) is 9.66. The molecule has 0 bridgehead atoms. The summed E-state index contributed by atoms with van der Waals surface area (Å²) in [5.41, 5.74) is 3.76. The van der Waals surface area contributed by atoms with Gasteiger partial charge in [-0.05, 0) is 88.0 Å². The number of carbonyl (C=O) groups excluding carboxylic acids is 1. The third-order valence-corrected chi connectivity index (χ3v) is 7.66. The predicted molar refractivity (Wildman–Crippen MR) is 122 cm³/mol. The first-order chi connectivity index (χ1) is 14.3. The fourth-order valence-corrected chi connectivity index (χ4v) is 5.95. The van der Waals surface area contributed by atoms with Crippen molar-refractivity contribution in [1.29, 1.82) is 0 Å². The Morgan fingerprint density at radius 3 is 2.69 bits per heavy atom. The van der Waals surface area contributed by atoms with Crippen LogP contribution >= 0.6 is 11.3 Å². The minimum Gasteiger partial charge on any atom is -0.352 e. The number of amides is 1. The molecule has 1 fully saturated rings.